The van der Waals surface area contributed by atoms with E-state index in [0.717, 1.165) is 12.0 Å². The highest BCUT2D eigenvalue weighted by Crippen LogP contribution is 2.27. The minimum Gasteiger partial charge on any atom is -0.314 e. The van der Waals surface area contributed by atoms with Crippen LogP contribution >= 0.6 is 0 Å². The minimum atomic E-state index is 0.874. The fourth-order valence-corrected chi connectivity index (χ4v) is 3.84. The minimum absolute atomic E-state index is 0.874. The predicted molar refractivity (Wildman–Crippen MR) is 75.9 cm³/mol. The van der Waals surface area contributed by atoms with Gasteiger partial charge in [-0.25, -0.2) is 0 Å². The SMILES string of the molecule is C1CCC(CCN2CC(N3CCNCC3)C2)CC1. The number of nitrogens with zero attached hydrogens (tertiary/aromatic N) is 2. The molecule has 0 spiro atoms. The van der Waals surface area contributed by atoms with E-state index in [1.807, 2.05) is 0 Å². The van der Waals surface area contributed by atoms with Gasteiger partial charge in [-0.15, -0.1) is 0 Å². The van der Waals surface area contributed by atoms with E-state index in [-0.39, 0.29) is 0 Å². The molecule has 0 aromatic heterocycles. The molecule has 104 valence electrons. The average Bonchev–Trinajstić information content (AvgIpc) is 2.39. The molecule has 0 aromatic rings. The fraction of sp³-hybridized carbons (Fsp3) is 1.00. The Morgan fingerprint density at radius 1 is 0.944 bits per heavy atom. The van der Waals surface area contributed by atoms with Gasteiger partial charge < -0.3 is 10.2 Å². The van der Waals surface area contributed by atoms with Crippen LogP contribution in [0.4, 0.5) is 0 Å². The van der Waals surface area contributed by atoms with Crippen molar-refractivity contribution in [2.24, 2.45) is 5.92 Å². The van der Waals surface area contributed by atoms with Crippen molar-refractivity contribution in [1.29, 1.82) is 0 Å². The highest BCUT2D eigenvalue weighted by molar-refractivity contribution is 4.90. The molecule has 0 unspecified atom stereocenters. The van der Waals surface area contributed by atoms with E-state index in [1.165, 1.54) is 84.3 Å². The molecular formula is C15H29N3. The molecule has 2 aliphatic heterocycles. The van der Waals surface area contributed by atoms with Crippen LogP contribution in [-0.2, 0) is 0 Å². The van der Waals surface area contributed by atoms with Gasteiger partial charge in [0.1, 0.15) is 0 Å². The molecule has 3 fully saturated rings. The molecule has 3 heteroatoms. The largest absolute Gasteiger partial charge is 0.314 e. The first-order valence-electron chi connectivity index (χ1n) is 8.09. The maximum absolute atomic E-state index is 3.44. The van der Waals surface area contributed by atoms with Gasteiger partial charge in [0, 0.05) is 45.3 Å². The lowest BCUT2D eigenvalue weighted by molar-refractivity contribution is 0.0232. The van der Waals surface area contributed by atoms with Gasteiger partial charge in [0.15, 0.2) is 0 Å². The van der Waals surface area contributed by atoms with Crippen LogP contribution in [0.3, 0.4) is 0 Å². The summed E-state index contributed by atoms with van der Waals surface area (Å²) >= 11 is 0. The third-order valence-electron chi connectivity index (χ3n) is 5.18. The zero-order valence-corrected chi connectivity index (χ0v) is 11.7. The summed E-state index contributed by atoms with van der Waals surface area (Å²) in [7, 11) is 0. The monoisotopic (exact) mass is 251 g/mol. The van der Waals surface area contributed by atoms with E-state index in [9.17, 15) is 0 Å². The molecule has 1 N–H and O–H groups in total. The predicted octanol–water partition coefficient (Wildman–Crippen LogP) is 1.55. The van der Waals surface area contributed by atoms with Crippen LogP contribution in [-0.4, -0.2) is 61.7 Å². The summed E-state index contributed by atoms with van der Waals surface area (Å²) in [5, 5.41) is 3.44. The number of rotatable bonds is 4. The molecule has 0 radical (unpaired) electrons. The second kappa shape index (κ2) is 6.36. The molecule has 3 aliphatic rings. The Labute approximate surface area is 112 Å². The molecule has 2 saturated heterocycles. The van der Waals surface area contributed by atoms with Crippen molar-refractivity contribution in [2.75, 3.05) is 45.8 Å². The van der Waals surface area contributed by atoms with Crippen molar-refractivity contribution in [3.05, 3.63) is 0 Å². The third-order valence-corrected chi connectivity index (χ3v) is 5.18. The Kier molecular flexibility index (Phi) is 4.55. The lowest BCUT2D eigenvalue weighted by atomic mass is 9.86. The molecule has 0 bridgehead atoms. The van der Waals surface area contributed by atoms with Gasteiger partial charge in [0.2, 0.25) is 0 Å². The van der Waals surface area contributed by atoms with Crippen LogP contribution in [0.5, 0.6) is 0 Å². The highest BCUT2D eigenvalue weighted by Gasteiger charge is 2.32. The topological polar surface area (TPSA) is 18.5 Å². The van der Waals surface area contributed by atoms with Crippen LogP contribution in [0.2, 0.25) is 0 Å². The first-order chi connectivity index (χ1) is 8.92. The van der Waals surface area contributed by atoms with Crippen molar-refractivity contribution < 1.29 is 0 Å². The van der Waals surface area contributed by atoms with Gasteiger partial charge in [-0.1, -0.05) is 32.1 Å². The Morgan fingerprint density at radius 2 is 1.67 bits per heavy atom. The van der Waals surface area contributed by atoms with Gasteiger partial charge >= 0.3 is 0 Å². The Morgan fingerprint density at radius 3 is 2.39 bits per heavy atom. The summed E-state index contributed by atoms with van der Waals surface area (Å²) in [6, 6.07) is 0.874. The summed E-state index contributed by atoms with van der Waals surface area (Å²) in [6.45, 7) is 8.96. The molecule has 2 heterocycles. The molecule has 3 nitrogen and oxygen atoms in total. The van der Waals surface area contributed by atoms with E-state index in [0.29, 0.717) is 0 Å². The average molecular weight is 251 g/mol. The van der Waals surface area contributed by atoms with Crippen molar-refractivity contribution in [1.82, 2.24) is 15.1 Å². The van der Waals surface area contributed by atoms with Crippen molar-refractivity contribution in [3.63, 3.8) is 0 Å². The van der Waals surface area contributed by atoms with Crippen LogP contribution < -0.4 is 5.32 Å². The lowest BCUT2D eigenvalue weighted by Gasteiger charge is -2.47. The number of hydrogen-bond acceptors (Lipinski definition) is 3. The second-order valence-corrected chi connectivity index (χ2v) is 6.49. The third kappa shape index (κ3) is 3.25. The smallest absolute Gasteiger partial charge is 0.0351 e. The molecule has 0 amide bonds. The summed E-state index contributed by atoms with van der Waals surface area (Å²) in [5.41, 5.74) is 0. The van der Waals surface area contributed by atoms with E-state index in [1.54, 1.807) is 0 Å². The van der Waals surface area contributed by atoms with Crippen molar-refractivity contribution in [2.45, 2.75) is 44.6 Å². The van der Waals surface area contributed by atoms with Crippen LogP contribution in [0.1, 0.15) is 38.5 Å². The molecule has 1 aliphatic carbocycles. The fourth-order valence-electron chi connectivity index (χ4n) is 3.84. The number of hydrogen-bond donors (Lipinski definition) is 1. The Balaban J connectivity index is 1.30. The van der Waals surface area contributed by atoms with E-state index in [4.69, 9.17) is 0 Å². The molecule has 18 heavy (non-hydrogen) atoms. The number of nitrogens with one attached hydrogen (secondary N) is 1. The summed E-state index contributed by atoms with van der Waals surface area (Å²) in [6.07, 6.45) is 8.96. The van der Waals surface area contributed by atoms with Gasteiger partial charge in [0.05, 0.1) is 0 Å². The van der Waals surface area contributed by atoms with Gasteiger partial charge in [-0.05, 0) is 18.9 Å². The normalized spacial score (nSPS) is 29.3. The maximum atomic E-state index is 3.44. The number of likely N-dealkylation sites (tertiary alicyclic amines) is 1. The van der Waals surface area contributed by atoms with Crippen molar-refractivity contribution >= 4 is 0 Å². The van der Waals surface area contributed by atoms with Crippen LogP contribution in [0.15, 0.2) is 0 Å². The van der Waals surface area contributed by atoms with Crippen LogP contribution in [0, 0.1) is 5.92 Å². The molecule has 1 saturated carbocycles. The summed E-state index contributed by atoms with van der Waals surface area (Å²) in [5.74, 6) is 1.05. The Bertz CT molecular complexity index is 235. The summed E-state index contributed by atoms with van der Waals surface area (Å²) in [4.78, 5) is 5.37. The Hall–Kier alpha value is -0.120. The van der Waals surface area contributed by atoms with Gasteiger partial charge in [-0.2, -0.15) is 0 Å². The van der Waals surface area contributed by atoms with Gasteiger partial charge in [0.25, 0.3) is 0 Å². The lowest BCUT2D eigenvalue weighted by Crippen LogP contribution is -2.62. The molecular weight excluding hydrogens is 222 g/mol. The zero-order chi connectivity index (χ0) is 12.2. The molecule has 0 aromatic carbocycles. The quantitative estimate of drug-likeness (QED) is 0.818. The molecule has 3 rings (SSSR count). The van der Waals surface area contributed by atoms with E-state index in [2.05, 4.69) is 15.1 Å². The highest BCUT2D eigenvalue weighted by atomic mass is 15.3. The van der Waals surface area contributed by atoms with Crippen molar-refractivity contribution in [3.8, 4) is 0 Å². The maximum Gasteiger partial charge on any atom is 0.0351 e. The summed E-state index contributed by atoms with van der Waals surface area (Å²) < 4.78 is 0. The number of piperazine rings is 1. The first kappa shape index (κ1) is 12.9. The second-order valence-electron chi connectivity index (χ2n) is 6.49. The van der Waals surface area contributed by atoms with Crippen LogP contribution in [0.25, 0.3) is 0 Å². The first-order valence-corrected chi connectivity index (χ1v) is 8.09. The van der Waals surface area contributed by atoms with E-state index >= 15 is 0 Å². The van der Waals surface area contributed by atoms with E-state index < -0.39 is 0 Å². The zero-order valence-electron chi connectivity index (χ0n) is 11.7. The van der Waals surface area contributed by atoms with Gasteiger partial charge in [-0.3, -0.25) is 4.90 Å². The standard InChI is InChI=1S/C15H29N3/c1-2-4-14(5-3-1)6-9-17-12-15(13-17)18-10-7-16-8-11-18/h14-16H,1-13H2. The molecule has 0 atom stereocenters.